The number of nitrogens with zero attached hydrogens (tertiary/aromatic N) is 2. The number of carbonyl (C=O) groups excluding carboxylic acids is 1. The molecule has 0 radical (unpaired) electrons. The highest BCUT2D eigenvalue weighted by Crippen LogP contribution is 2.48. The molecule has 2 aliphatic carbocycles. The first-order chi connectivity index (χ1) is 9.01. The number of fused-ring (bicyclic) bond motifs is 2. The van der Waals surface area contributed by atoms with Gasteiger partial charge in [0.05, 0.1) is 0 Å². The molecule has 0 aromatic heterocycles. The van der Waals surface area contributed by atoms with Crippen LogP contribution >= 0.6 is 0 Å². The molecular weight excluding hydrogens is 244 g/mol. The molecule has 0 saturated heterocycles. The Kier molecular flexibility index (Phi) is 4.32. The van der Waals surface area contributed by atoms with Crippen LogP contribution in [0.5, 0.6) is 0 Å². The quantitative estimate of drug-likeness (QED) is 0.828. The van der Waals surface area contributed by atoms with Gasteiger partial charge in [0.1, 0.15) is 6.54 Å². The molecule has 3 atom stereocenters. The summed E-state index contributed by atoms with van der Waals surface area (Å²) in [5.41, 5.74) is 0. The van der Waals surface area contributed by atoms with Gasteiger partial charge in [0.25, 0.3) is 0 Å². The van der Waals surface area contributed by atoms with E-state index in [-0.39, 0.29) is 12.6 Å². The summed E-state index contributed by atoms with van der Waals surface area (Å²) in [5.74, 6) is 1.33. The molecule has 2 bridgehead atoms. The fourth-order valence-corrected chi connectivity index (χ4v) is 3.75. The van der Waals surface area contributed by atoms with E-state index in [1.807, 2.05) is 6.92 Å². The molecule has 108 valence electrons. The van der Waals surface area contributed by atoms with Crippen LogP contribution in [0.4, 0.5) is 4.79 Å². The van der Waals surface area contributed by atoms with Crippen LogP contribution in [0.3, 0.4) is 0 Å². The molecule has 5 nitrogen and oxygen atoms in total. The van der Waals surface area contributed by atoms with Crippen LogP contribution in [0, 0.1) is 17.8 Å². The van der Waals surface area contributed by atoms with Gasteiger partial charge in [-0.3, -0.25) is 4.79 Å². The molecule has 2 aliphatic rings. The van der Waals surface area contributed by atoms with Crippen LogP contribution in [0.15, 0.2) is 0 Å². The average Bonchev–Trinajstić information content (AvgIpc) is 2.96. The Morgan fingerprint density at radius 3 is 2.47 bits per heavy atom. The maximum absolute atomic E-state index is 12.2. The first kappa shape index (κ1) is 14.2. The van der Waals surface area contributed by atoms with E-state index in [9.17, 15) is 9.59 Å². The summed E-state index contributed by atoms with van der Waals surface area (Å²) in [5, 5.41) is 8.80. The molecule has 1 N–H and O–H groups in total. The summed E-state index contributed by atoms with van der Waals surface area (Å²) in [6.07, 6.45) is 5.25. The minimum atomic E-state index is -0.955. The van der Waals surface area contributed by atoms with Crippen molar-refractivity contribution >= 4 is 12.0 Å². The Bertz CT molecular complexity index is 359. The van der Waals surface area contributed by atoms with Crippen LogP contribution < -0.4 is 0 Å². The van der Waals surface area contributed by atoms with Gasteiger partial charge in [-0.1, -0.05) is 6.42 Å². The van der Waals surface area contributed by atoms with Gasteiger partial charge in [0.2, 0.25) is 0 Å². The number of carboxylic acids is 1. The Labute approximate surface area is 114 Å². The van der Waals surface area contributed by atoms with Crippen molar-refractivity contribution in [2.24, 2.45) is 17.8 Å². The van der Waals surface area contributed by atoms with E-state index in [2.05, 4.69) is 0 Å². The molecule has 0 heterocycles. The summed E-state index contributed by atoms with van der Waals surface area (Å²) in [6, 6.07) is -0.160. The number of carbonyl (C=O) groups is 2. The van der Waals surface area contributed by atoms with Gasteiger partial charge in [-0.15, -0.1) is 0 Å². The average molecular weight is 268 g/mol. The van der Waals surface area contributed by atoms with Crippen molar-refractivity contribution < 1.29 is 14.7 Å². The maximum atomic E-state index is 12.2. The maximum Gasteiger partial charge on any atom is 0.323 e. The van der Waals surface area contributed by atoms with E-state index in [0.717, 1.165) is 18.4 Å². The van der Waals surface area contributed by atoms with Gasteiger partial charge >= 0.3 is 12.0 Å². The van der Waals surface area contributed by atoms with Gasteiger partial charge < -0.3 is 14.9 Å². The second kappa shape index (κ2) is 5.80. The number of rotatable bonds is 5. The predicted molar refractivity (Wildman–Crippen MR) is 71.8 cm³/mol. The standard InChI is InChI=1S/C14H24N2O3/c1-3-16(9-13(17)18)14(19)15(2)8-12-7-10-4-5-11(12)6-10/h10-12H,3-9H2,1-2H3,(H,17,18). The Hall–Kier alpha value is -1.26. The zero-order chi connectivity index (χ0) is 14.0. The second-order valence-corrected chi connectivity index (χ2v) is 6.01. The molecule has 2 rings (SSSR count). The number of carboxylic acid groups (broad SMARTS) is 1. The summed E-state index contributed by atoms with van der Waals surface area (Å²) in [6.45, 7) is 2.81. The first-order valence-corrected chi connectivity index (χ1v) is 7.23. The number of urea groups is 1. The third kappa shape index (κ3) is 3.19. The third-order valence-electron chi connectivity index (χ3n) is 4.70. The van der Waals surface area contributed by atoms with Crippen molar-refractivity contribution in [2.45, 2.75) is 32.6 Å². The number of likely N-dealkylation sites (N-methyl/N-ethyl adjacent to an activating group) is 1. The molecule has 0 aliphatic heterocycles. The van der Waals surface area contributed by atoms with Gasteiger partial charge in [-0.05, 0) is 43.9 Å². The van der Waals surface area contributed by atoms with Gasteiger partial charge in [-0.25, -0.2) is 4.79 Å². The minimum Gasteiger partial charge on any atom is -0.480 e. The lowest BCUT2D eigenvalue weighted by atomic mass is 9.88. The first-order valence-electron chi connectivity index (χ1n) is 7.23. The molecule has 19 heavy (non-hydrogen) atoms. The monoisotopic (exact) mass is 268 g/mol. The van der Waals surface area contributed by atoms with Gasteiger partial charge in [0.15, 0.2) is 0 Å². The summed E-state index contributed by atoms with van der Waals surface area (Å²) in [4.78, 5) is 26.0. The van der Waals surface area contributed by atoms with E-state index >= 15 is 0 Å². The fraction of sp³-hybridized carbons (Fsp3) is 0.857. The number of hydrogen-bond donors (Lipinski definition) is 1. The molecule has 3 unspecified atom stereocenters. The largest absolute Gasteiger partial charge is 0.480 e. The molecule has 2 fully saturated rings. The van der Waals surface area contributed by atoms with Crippen molar-refractivity contribution in [1.82, 2.24) is 9.80 Å². The zero-order valence-electron chi connectivity index (χ0n) is 11.8. The SMILES string of the molecule is CCN(CC(=O)O)C(=O)N(C)CC1CC2CCC1C2. The van der Waals surface area contributed by atoms with E-state index in [1.165, 1.54) is 30.6 Å². The highest BCUT2D eigenvalue weighted by atomic mass is 16.4. The van der Waals surface area contributed by atoms with Crippen LogP contribution in [0.25, 0.3) is 0 Å². The molecule has 0 aromatic carbocycles. The molecule has 5 heteroatoms. The van der Waals surface area contributed by atoms with Crippen molar-refractivity contribution in [3.8, 4) is 0 Å². The van der Waals surface area contributed by atoms with Gasteiger partial charge in [0, 0.05) is 20.1 Å². The van der Waals surface area contributed by atoms with Crippen molar-refractivity contribution in [1.29, 1.82) is 0 Å². The smallest absolute Gasteiger partial charge is 0.323 e. The molecular formula is C14H24N2O3. The summed E-state index contributed by atoms with van der Waals surface area (Å²) in [7, 11) is 1.79. The van der Waals surface area contributed by atoms with Crippen molar-refractivity contribution in [2.75, 3.05) is 26.7 Å². The van der Waals surface area contributed by atoms with Gasteiger partial charge in [-0.2, -0.15) is 0 Å². The van der Waals surface area contributed by atoms with E-state index < -0.39 is 5.97 Å². The lowest BCUT2D eigenvalue weighted by Gasteiger charge is -2.30. The zero-order valence-corrected chi connectivity index (χ0v) is 11.8. The van der Waals surface area contributed by atoms with Crippen LogP contribution in [-0.2, 0) is 4.79 Å². The van der Waals surface area contributed by atoms with Crippen molar-refractivity contribution in [3.05, 3.63) is 0 Å². The number of hydrogen-bond acceptors (Lipinski definition) is 2. The van der Waals surface area contributed by atoms with E-state index in [4.69, 9.17) is 5.11 Å². The summed E-state index contributed by atoms with van der Waals surface area (Å²) >= 11 is 0. The number of amides is 2. The van der Waals surface area contributed by atoms with Crippen LogP contribution in [0.1, 0.15) is 32.6 Å². The minimum absolute atomic E-state index is 0.160. The summed E-state index contributed by atoms with van der Waals surface area (Å²) < 4.78 is 0. The fourth-order valence-electron chi connectivity index (χ4n) is 3.75. The van der Waals surface area contributed by atoms with Crippen LogP contribution in [-0.4, -0.2) is 53.6 Å². The highest BCUT2D eigenvalue weighted by Gasteiger charge is 2.40. The lowest BCUT2D eigenvalue weighted by Crippen LogP contribution is -2.45. The Morgan fingerprint density at radius 1 is 1.26 bits per heavy atom. The Morgan fingerprint density at radius 2 is 2.00 bits per heavy atom. The predicted octanol–water partition coefficient (Wildman–Crippen LogP) is 1.88. The highest BCUT2D eigenvalue weighted by molar-refractivity contribution is 5.80. The van der Waals surface area contributed by atoms with E-state index in [1.54, 1.807) is 11.9 Å². The third-order valence-corrected chi connectivity index (χ3v) is 4.70. The van der Waals surface area contributed by atoms with E-state index in [0.29, 0.717) is 12.5 Å². The van der Waals surface area contributed by atoms with Crippen LogP contribution in [0.2, 0.25) is 0 Å². The topological polar surface area (TPSA) is 60.9 Å². The Balaban J connectivity index is 1.86. The molecule has 0 spiro atoms. The molecule has 0 aromatic rings. The normalized spacial score (nSPS) is 28.4. The molecule has 2 saturated carbocycles. The lowest BCUT2D eigenvalue weighted by molar-refractivity contribution is -0.137. The van der Waals surface area contributed by atoms with Crippen molar-refractivity contribution in [3.63, 3.8) is 0 Å². The number of aliphatic carboxylic acids is 1. The second-order valence-electron chi connectivity index (χ2n) is 6.01. The molecule has 2 amide bonds.